The molecule has 3 aromatic rings. The van der Waals surface area contributed by atoms with Crippen molar-refractivity contribution >= 4 is 11.9 Å². The minimum absolute atomic E-state index is 0.0978. The largest absolute Gasteiger partial charge is 0.494 e. The fraction of sp³-hybridized carbons (Fsp3) is 0.394. The van der Waals surface area contributed by atoms with Crippen molar-refractivity contribution in [1.29, 1.82) is 0 Å². The van der Waals surface area contributed by atoms with Gasteiger partial charge in [0.15, 0.2) is 0 Å². The molecule has 0 spiro atoms. The van der Waals surface area contributed by atoms with Gasteiger partial charge in [-0.3, -0.25) is 0 Å². The van der Waals surface area contributed by atoms with E-state index in [1.807, 2.05) is 12.1 Å². The molecule has 0 radical (unpaired) electrons. The molecule has 216 valence electrons. The molecule has 0 aliphatic carbocycles. The van der Waals surface area contributed by atoms with Crippen LogP contribution in [0.15, 0.2) is 66.7 Å². The Morgan fingerprint density at radius 2 is 1.34 bits per heavy atom. The molecule has 2 saturated heterocycles. The SMILES string of the molecule is Cc1cc(OC(=O)c2ccc(COCC3(C)COC3)cc2)ccc1OC(=O)c1ccc(OCCC2(C)COC2)cc1. The van der Waals surface area contributed by atoms with E-state index in [0.29, 0.717) is 53.8 Å². The van der Waals surface area contributed by atoms with Gasteiger partial charge >= 0.3 is 11.9 Å². The fourth-order valence-electron chi connectivity index (χ4n) is 4.51. The highest BCUT2D eigenvalue weighted by Gasteiger charge is 2.34. The highest BCUT2D eigenvalue weighted by atomic mass is 16.5. The van der Waals surface area contributed by atoms with Crippen molar-refractivity contribution in [3.8, 4) is 17.2 Å². The van der Waals surface area contributed by atoms with Crippen LogP contribution in [0.2, 0.25) is 0 Å². The molecule has 0 atom stereocenters. The quantitative estimate of drug-likeness (QED) is 0.203. The summed E-state index contributed by atoms with van der Waals surface area (Å²) in [5, 5.41) is 0. The fourth-order valence-corrected chi connectivity index (χ4v) is 4.51. The molecule has 0 amide bonds. The number of carbonyl (C=O) groups is 2. The van der Waals surface area contributed by atoms with Crippen LogP contribution >= 0.6 is 0 Å². The summed E-state index contributed by atoms with van der Waals surface area (Å²) in [6, 6.07) is 18.9. The van der Waals surface area contributed by atoms with Gasteiger partial charge in [0, 0.05) is 10.8 Å². The molecule has 0 N–H and O–H groups in total. The van der Waals surface area contributed by atoms with Crippen molar-refractivity contribution in [3.63, 3.8) is 0 Å². The summed E-state index contributed by atoms with van der Waals surface area (Å²) in [6.07, 6.45) is 0.916. The van der Waals surface area contributed by atoms with Crippen LogP contribution < -0.4 is 14.2 Å². The maximum Gasteiger partial charge on any atom is 0.343 e. The van der Waals surface area contributed by atoms with Crippen LogP contribution in [-0.4, -0.2) is 51.6 Å². The number of aryl methyl sites for hydroxylation is 1. The van der Waals surface area contributed by atoms with Gasteiger partial charge in [-0.2, -0.15) is 0 Å². The lowest BCUT2D eigenvalue weighted by atomic mass is 9.85. The van der Waals surface area contributed by atoms with Crippen LogP contribution in [0.4, 0.5) is 0 Å². The van der Waals surface area contributed by atoms with Gasteiger partial charge in [-0.05, 0) is 79.1 Å². The summed E-state index contributed by atoms with van der Waals surface area (Å²) in [4.78, 5) is 25.4. The van der Waals surface area contributed by atoms with Crippen molar-refractivity contribution in [2.24, 2.45) is 10.8 Å². The molecule has 2 aliphatic heterocycles. The predicted molar refractivity (Wildman–Crippen MR) is 152 cm³/mol. The van der Waals surface area contributed by atoms with Crippen molar-refractivity contribution in [3.05, 3.63) is 89.0 Å². The summed E-state index contributed by atoms with van der Waals surface area (Å²) < 4.78 is 33.3. The molecule has 2 heterocycles. The molecule has 8 nitrogen and oxygen atoms in total. The zero-order valence-corrected chi connectivity index (χ0v) is 23.8. The molecular formula is C33H36O8. The highest BCUT2D eigenvalue weighted by Crippen LogP contribution is 2.31. The molecule has 0 bridgehead atoms. The minimum Gasteiger partial charge on any atom is -0.494 e. The van der Waals surface area contributed by atoms with E-state index >= 15 is 0 Å². The minimum atomic E-state index is -0.484. The molecular weight excluding hydrogens is 524 g/mol. The second-order valence-corrected chi connectivity index (χ2v) is 11.6. The number of benzene rings is 3. The monoisotopic (exact) mass is 560 g/mol. The van der Waals surface area contributed by atoms with E-state index in [2.05, 4.69) is 13.8 Å². The number of carbonyl (C=O) groups excluding carboxylic acids is 2. The molecule has 5 rings (SSSR count). The number of hydrogen-bond acceptors (Lipinski definition) is 8. The Kier molecular flexibility index (Phi) is 8.73. The number of esters is 2. The van der Waals surface area contributed by atoms with E-state index < -0.39 is 11.9 Å². The summed E-state index contributed by atoms with van der Waals surface area (Å²) in [6.45, 7) is 10.8. The average Bonchev–Trinajstić information content (AvgIpc) is 2.93. The standard InChI is InChI=1S/C33H36O8/c1-23-16-28(40-30(34)25-6-4-24(5-7-25)17-36-20-33(3)21-38-22-33)12-13-29(23)41-31(35)26-8-10-27(11-9-26)39-15-14-32(2)18-37-19-32/h4-13,16H,14-15,17-22H2,1-3H3. The molecule has 41 heavy (non-hydrogen) atoms. The zero-order chi connectivity index (χ0) is 28.9. The van der Waals surface area contributed by atoms with Gasteiger partial charge in [-0.15, -0.1) is 0 Å². The Morgan fingerprint density at radius 3 is 1.93 bits per heavy atom. The number of rotatable bonds is 12. The number of ether oxygens (including phenoxy) is 6. The lowest BCUT2D eigenvalue weighted by Crippen LogP contribution is -2.43. The Bertz CT molecular complexity index is 1350. The summed E-state index contributed by atoms with van der Waals surface area (Å²) >= 11 is 0. The second kappa shape index (κ2) is 12.4. The van der Waals surface area contributed by atoms with Crippen molar-refractivity contribution < 1.29 is 38.0 Å². The zero-order valence-electron chi connectivity index (χ0n) is 23.8. The van der Waals surface area contributed by atoms with Crippen LogP contribution in [-0.2, 0) is 20.8 Å². The van der Waals surface area contributed by atoms with Gasteiger partial charge in [0.2, 0.25) is 0 Å². The van der Waals surface area contributed by atoms with Gasteiger partial charge in [0.05, 0.1) is 57.4 Å². The van der Waals surface area contributed by atoms with E-state index in [-0.39, 0.29) is 10.8 Å². The van der Waals surface area contributed by atoms with Gasteiger partial charge in [-0.1, -0.05) is 26.0 Å². The van der Waals surface area contributed by atoms with Crippen molar-refractivity contribution in [2.75, 3.05) is 39.6 Å². The third-order valence-corrected chi connectivity index (χ3v) is 7.33. The Morgan fingerprint density at radius 1 is 0.756 bits per heavy atom. The van der Waals surface area contributed by atoms with E-state index in [4.69, 9.17) is 28.4 Å². The molecule has 0 aromatic heterocycles. The van der Waals surface area contributed by atoms with E-state index in [1.165, 1.54) is 0 Å². The van der Waals surface area contributed by atoms with Gasteiger partial charge < -0.3 is 28.4 Å². The third-order valence-electron chi connectivity index (χ3n) is 7.33. The van der Waals surface area contributed by atoms with Crippen LogP contribution in [0.25, 0.3) is 0 Å². The Balaban J connectivity index is 1.09. The highest BCUT2D eigenvalue weighted by molar-refractivity contribution is 5.92. The first-order chi connectivity index (χ1) is 19.7. The first-order valence-electron chi connectivity index (χ1n) is 13.8. The first kappa shape index (κ1) is 28.8. The molecule has 2 fully saturated rings. The molecule has 8 heteroatoms. The van der Waals surface area contributed by atoms with Gasteiger partial charge in [0.25, 0.3) is 0 Å². The van der Waals surface area contributed by atoms with Crippen LogP contribution in [0.3, 0.4) is 0 Å². The lowest BCUT2D eigenvalue weighted by Gasteiger charge is -2.37. The second-order valence-electron chi connectivity index (χ2n) is 11.6. The lowest BCUT2D eigenvalue weighted by molar-refractivity contribution is -0.140. The first-order valence-corrected chi connectivity index (χ1v) is 13.8. The normalized spacial score (nSPS) is 16.7. The molecule has 0 saturated carbocycles. The predicted octanol–water partition coefficient (Wildman–Crippen LogP) is 5.79. The maximum atomic E-state index is 12.7. The topological polar surface area (TPSA) is 89.5 Å². The summed E-state index contributed by atoms with van der Waals surface area (Å²) in [5.41, 5.74) is 2.77. The van der Waals surface area contributed by atoms with Crippen molar-refractivity contribution in [1.82, 2.24) is 0 Å². The van der Waals surface area contributed by atoms with Gasteiger partial charge in [0.1, 0.15) is 17.2 Å². The van der Waals surface area contributed by atoms with Crippen molar-refractivity contribution in [2.45, 2.75) is 33.8 Å². The molecule has 2 aliphatic rings. The Labute approximate surface area is 240 Å². The van der Waals surface area contributed by atoms with Crippen LogP contribution in [0.5, 0.6) is 17.2 Å². The smallest absolute Gasteiger partial charge is 0.343 e. The average molecular weight is 561 g/mol. The van der Waals surface area contributed by atoms with E-state index in [1.54, 1.807) is 61.5 Å². The van der Waals surface area contributed by atoms with Gasteiger partial charge in [-0.25, -0.2) is 9.59 Å². The van der Waals surface area contributed by atoms with Crippen LogP contribution in [0, 0.1) is 17.8 Å². The molecule has 0 unspecified atom stereocenters. The van der Waals surface area contributed by atoms with Crippen LogP contribution in [0.1, 0.15) is 52.1 Å². The molecule has 3 aromatic carbocycles. The van der Waals surface area contributed by atoms with E-state index in [0.717, 1.165) is 38.4 Å². The summed E-state index contributed by atoms with van der Waals surface area (Å²) in [5.74, 6) is 0.489. The Hall–Kier alpha value is -3.72. The van der Waals surface area contributed by atoms with E-state index in [9.17, 15) is 9.59 Å². The maximum absolute atomic E-state index is 12.7. The number of hydrogen-bond donors (Lipinski definition) is 0. The summed E-state index contributed by atoms with van der Waals surface area (Å²) in [7, 11) is 0. The third kappa shape index (κ3) is 7.52.